The summed E-state index contributed by atoms with van der Waals surface area (Å²) < 4.78 is 0. The third-order valence-electron chi connectivity index (χ3n) is 2.99. The Balaban J connectivity index is 2.71. The smallest absolute Gasteiger partial charge is 0.0825 e. The van der Waals surface area contributed by atoms with Crippen LogP contribution in [0.2, 0.25) is 0 Å². The van der Waals surface area contributed by atoms with Gasteiger partial charge < -0.3 is 5.32 Å². The van der Waals surface area contributed by atoms with E-state index in [9.17, 15) is 0 Å². The number of rotatable bonds is 6. The summed E-state index contributed by atoms with van der Waals surface area (Å²) in [5, 5.41) is 10.9. The fourth-order valence-electron chi connectivity index (χ4n) is 2.32. The molecule has 0 radical (unpaired) electrons. The molecule has 1 heterocycles. The standard InChI is InChI=1S/C14H27N3/c1-9(2)7-13(8-10(3)4)15-14-11(5)16-17-12(14)6/h9-10,13,15H,7-8H2,1-6H3,(H,16,17). The Labute approximate surface area is 105 Å². The van der Waals surface area contributed by atoms with Crippen LogP contribution in [0.25, 0.3) is 0 Å². The second-order valence-electron chi connectivity index (χ2n) is 5.91. The second kappa shape index (κ2) is 6.08. The third kappa shape index (κ3) is 4.41. The van der Waals surface area contributed by atoms with Crippen LogP contribution in [0.3, 0.4) is 0 Å². The number of aromatic amines is 1. The first-order chi connectivity index (χ1) is 7.90. The fourth-order valence-corrected chi connectivity index (χ4v) is 2.32. The van der Waals surface area contributed by atoms with E-state index in [1.54, 1.807) is 0 Å². The molecule has 0 aliphatic carbocycles. The first kappa shape index (κ1) is 14.1. The van der Waals surface area contributed by atoms with Gasteiger partial charge in [-0.2, -0.15) is 5.10 Å². The number of aromatic nitrogens is 2. The molecule has 0 aliphatic rings. The summed E-state index contributed by atoms with van der Waals surface area (Å²) in [4.78, 5) is 0. The average molecular weight is 237 g/mol. The van der Waals surface area contributed by atoms with Crippen LogP contribution in [-0.4, -0.2) is 16.2 Å². The number of hydrogen-bond acceptors (Lipinski definition) is 2. The number of nitrogens with one attached hydrogen (secondary N) is 2. The summed E-state index contributed by atoms with van der Waals surface area (Å²) >= 11 is 0. The molecule has 0 amide bonds. The first-order valence-electron chi connectivity index (χ1n) is 6.68. The van der Waals surface area contributed by atoms with Crippen molar-refractivity contribution in [2.45, 2.75) is 60.4 Å². The molecule has 0 saturated carbocycles. The van der Waals surface area contributed by atoms with Crippen molar-refractivity contribution in [3.63, 3.8) is 0 Å². The number of nitrogens with zero attached hydrogens (tertiary/aromatic N) is 1. The molecule has 0 aromatic carbocycles. The van der Waals surface area contributed by atoms with Gasteiger partial charge in [-0.25, -0.2) is 0 Å². The minimum absolute atomic E-state index is 0.546. The lowest BCUT2D eigenvalue weighted by atomic mass is 9.95. The van der Waals surface area contributed by atoms with Gasteiger partial charge in [-0.05, 0) is 38.5 Å². The molecule has 1 aromatic heterocycles. The summed E-state index contributed by atoms with van der Waals surface area (Å²) in [6, 6.07) is 0.546. The zero-order valence-electron chi connectivity index (χ0n) is 12.1. The minimum Gasteiger partial charge on any atom is -0.379 e. The predicted octanol–water partition coefficient (Wildman–Crippen LogP) is 3.90. The van der Waals surface area contributed by atoms with Gasteiger partial charge in [0.1, 0.15) is 0 Å². The zero-order chi connectivity index (χ0) is 13.0. The molecule has 1 aromatic rings. The Morgan fingerprint density at radius 3 is 1.94 bits per heavy atom. The van der Waals surface area contributed by atoms with E-state index in [1.807, 2.05) is 6.92 Å². The lowest BCUT2D eigenvalue weighted by molar-refractivity contribution is 0.442. The first-order valence-corrected chi connectivity index (χ1v) is 6.68. The van der Waals surface area contributed by atoms with Crippen molar-refractivity contribution in [1.82, 2.24) is 10.2 Å². The maximum atomic E-state index is 4.24. The molecule has 0 bridgehead atoms. The largest absolute Gasteiger partial charge is 0.379 e. The van der Waals surface area contributed by atoms with E-state index in [0.717, 1.165) is 23.2 Å². The van der Waals surface area contributed by atoms with Gasteiger partial charge in [-0.3, -0.25) is 5.10 Å². The summed E-state index contributed by atoms with van der Waals surface area (Å²) in [6.45, 7) is 13.3. The van der Waals surface area contributed by atoms with Gasteiger partial charge >= 0.3 is 0 Å². The van der Waals surface area contributed by atoms with Gasteiger partial charge in [0, 0.05) is 6.04 Å². The quantitative estimate of drug-likeness (QED) is 0.788. The van der Waals surface area contributed by atoms with E-state index in [0.29, 0.717) is 6.04 Å². The molecular formula is C14H27N3. The number of anilines is 1. The Kier molecular flexibility index (Phi) is 5.03. The van der Waals surface area contributed by atoms with Gasteiger partial charge in [-0.15, -0.1) is 0 Å². The van der Waals surface area contributed by atoms with Crippen molar-refractivity contribution in [2.24, 2.45) is 11.8 Å². The van der Waals surface area contributed by atoms with Crippen molar-refractivity contribution in [3.8, 4) is 0 Å². The Hall–Kier alpha value is -0.990. The van der Waals surface area contributed by atoms with E-state index in [4.69, 9.17) is 0 Å². The van der Waals surface area contributed by atoms with Crippen molar-refractivity contribution in [3.05, 3.63) is 11.4 Å². The van der Waals surface area contributed by atoms with Crippen LogP contribution in [0, 0.1) is 25.7 Å². The molecule has 0 atom stereocenters. The van der Waals surface area contributed by atoms with Crippen LogP contribution in [0.4, 0.5) is 5.69 Å². The molecular weight excluding hydrogens is 210 g/mol. The third-order valence-corrected chi connectivity index (χ3v) is 2.99. The van der Waals surface area contributed by atoms with Crippen LogP contribution >= 0.6 is 0 Å². The van der Waals surface area contributed by atoms with Crippen LogP contribution in [0.5, 0.6) is 0 Å². The van der Waals surface area contributed by atoms with Crippen molar-refractivity contribution >= 4 is 5.69 Å². The van der Waals surface area contributed by atoms with Gasteiger partial charge in [0.2, 0.25) is 0 Å². The van der Waals surface area contributed by atoms with E-state index in [2.05, 4.69) is 50.1 Å². The SMILES string of the molecule is Cc1n[nH]c(C)c1NC(CC(C)C)CC(C)C. The van der Waals surface area contributed by atoms with Crippen molar-refractivity contribution in [1.29, 1.82) is 0 Å². The molecule has 98 valence electrons. The minimum atomic E-state index is 0.546. The van der Waals surface area contributed by atoms with Crippen molar-refractivity contribution < 1.29 is 0 Å². The monoisotopic (exact) mass is 237 g/mol. The summed E-state index contributed by atoms with van der Waals surface area (Å²) in [5.41, 5.74) is 3.40. The molecule has 0 fully saturated rings. The highest BCUT2D eigenvalue weighted by molar-refractivity contribution is 5.52. The van der Waals surface area contributed by atoms with Crippen LogP contribution in [0.15, 0.2) is 0 Å². The zero-order valence-corrected chi connectivity index (χ0v) is 12.1. The van der Waals surface area contributed by atoms with Gasteiger partial charge in [0.25, 0.3) is 0 Å². The maximum absolute atomic E-state index is 4.24. The highest BCUT2D eigenvalue weighted by Crippen LogP contribution is 2.22. The summed E-state index contributed by atoms with van der Waals surface area (Å²) in [7, 11) is 0. The highest BCUT2D eigenvalue weighted by Gasteiger charge is 2.15. The van der Waals surface area contributed by atoms with Crippen molar-refractivity contribution in [2.75, 3.05) is 5.32 Å². The van der Waals surface area contributed by atoms with E-state index in [-0.39, 0.29) is 0 Å². The molecule has 3 nitrogen and oxygen atoms in total. The molecule has 3 heteroatoms. The van der Waals surface area contributed by atoms with Gasteiger partial charge in [0.05, 0.1) is 17.1 Å². The Morgan fingerprint density at radius 2 is 1.59 bits per heavy atom. The maximum Gasteiger partial charge on any atom is 0.0825 e. The van der Waals surface area contributed by atoms with E-state index >= 15 is 0 Å². The van der Waals surface area contributed by atoms with Gasteiger partial charge in [0.15, 0.2) is 0 Å². The van der Waals surface area contributed by atoms with E-state index < -0.39 is 0 Å². The lowest BCUT2D eigenvalue weighted by Gasteiger charge is -2.23. The molecule has 0 saturated heterocycles. The summed E-state index contributed by atoms with van der Waals surface area (Å²) in [6.07, 6.45) is 2.42. The summed E-state index contributed by atoms with van der Waals surface area (Å²) in [5.74, 6) is 1.44. The molecule has 0 spiro atoms. The molecule has 17 heavy (non-hydrogen) atoms. The predicted molar refractivity (Wildman–Crippen MR) is 74.4 cm³/mol. The molecule has 0 unspecified atom stereocenters. The topological polar surface area (TPSA) is 40.7 Å². The van der Waals surface area contributed by atoms with Crippen LogP contribution < -0.4 is 5.32 Å². The molecule has 1 rings (SSSR count). The lowest BCUT2D eigenvalue weighted by Crippen LogP contribution is -2.24. The fraction of sp³-hybridized carbons (Fsp3) is 0.786. The molecule has 0 aliphatic heterocycles. The van der Waals surface area contributed by atoms with E-state index in [1.165, 1.54) is 18.5 Å². The number of aryl methyl sites for hydroxylation is 2. The second-order valence-corrected chi connectivity index (χ2v) is 5.91. The van der Waals surface area contributed by atoms with Gasteiger partial charge in [-0.1, -0.05) is 27.7 Å². The highest BCUT2D eigenvalue weighted by atomic mass is 15.2. The van der Waals surface area contributed by atoms with Crippen LogP contribution in [-0.2, 0) is 0 Å². The number of H-pyrrole nitrogens is 1. The normalized spacial score (nSPS) is 11.8. The van der Waals surface area contributed by atoms with Crippen LogP contribution in [0.1, 0.15) is 51.9 Å². The Bertz CT molecular complexity index is 310. The Morgan fingerprint density at radius 1 is 1.06 bits per heavy atom. The average Bonchev–Trinajstić information content (AvgIpc) is 2.47. The molecule has 2 N–H and O–H groups in total. The number of hydrogen-bond donors (Lipinski definition) is 2.